The molecule has 9 heteroatoms. The molecule has 0 bridgehead atoms. The van der Waals surface area contributed by atoms with Crippen LogP contribution in [-0.2, 0) is 10.0 Å². The predicted octanol–water partition coefficient (Wildman–Crippen LogP) is 2.49. The first-order valence-corrected chi connectivity index (χ1v) is 11.5. The molecule has 2 aliphatic heterocycles. The first kappa shape index (κ1) is 18.5. The van der Waals surface area contributed by atoms with E-state index in [4.69, 9.17) is 4.99 Å². The van der Waals surface area contributed by atoms with Crippen LogP contribution >= 0.6 is 0 Å². The standard InChI is InChI=1S/C20H24N6O2S/c27-29(28,16-7-3-10-21-13-16)26-12-9-20(14-26)19(23-15-5-1-2-6-15)24-18-17(25-20)8-4-11-22-18/h3-4,7-8,10-11,13,15,25H,1-2,5-6,9,12,14H2,(H,22,23,24). The molecule has 5 rings (SSSR count). The monoisotopic (exact) mass is 412 g/mol. The van der Waals surface area contributed by atoms with E-state index < -0.39 is 15.6 Å². The van der Waals surface area contributed by atoms with Gasteiger partial charge in [-0.2, -0.15) is 4.31 Å². The summed E-state index contributed by atoms with van der Waals surface area (Å²) in [6.07, 6.45) is 9.90. The fraction of sp³-hybridized carbons (Fsp3) is 0.450. The lowest BCUT2D eigenvalue weighted by Crippen LogP contribution is -2.55. The number of sulfonamides is 1. The minimum atomic E-state index is -3.61. The normalized spacial score (nSPS) is 26.4. The summed E-state index contributed by atoms with van der Waals surface area (Å²) in [5, 5.41) is 6.98. The van der Waals surface area contributed by atoms with E-state index in [0.717, 1.165) is 30.2 Å². The van der Waals surface area contributed by atoms with Gasteiger partial charge < -0.3 is 10.6 Å². The maximum atomic E-state index is 13.1. The number of fused-ring (bicyclic) bond motifs is 1. The molecule has 1 atom stereocenters. The van der Waals surface area contributed by atoms with Crippen molar-refractivity contribution in [2.45, 2.75) is 48.6 Å². The molecule has 0 radical (unpaired) electrons. The van der Waals surface area contributed by atoms with Gasteiger partial charge in [-0.15, -0.1) is 0 Å². The highest BCUT2D eigenvalue weighted by Gasteiger charge is 2.49. The fourth-order valence-corrected chi connectivity index (χ4v) is 5.92. The lowest BCUT2D eigenvalue weighted by molar-refractivity contribution is 0.466. The molecule has 4 heterocycles. The number of aliphatic imine (C=N–C) groups is 1. The summed E-state index contributed by atoms with van der Waals surface area (Å²) in [7, 11) is -3.61. The van der Waals surface area contributed by atoms with Crippen molar-refractivity contribution in [2.24, 2.45) is 4.99 Å². The van der Waals surface area contributed by atoms with Gasteiger partial charge in [0.2, 0.25) is 10.0 Å². The minimum Gasteiger partial charge on any atom is -0.369 e. The summed E-state index contributed by atoms with van der Waals surface area (Å²) in [5.41, 5.74) is 0.298. The quantitative estimate of drug-likeness (QED) is 0.804. The van der Waals surface area contributed by atoms with E-state index >= 15 is 0 Å². The molecule has 1 aliphatic carbocycles. The van der Waals surface area contributed by atoms with Crippen molar-refractivity contribution in [3.05, 3.63) is 42.9 Å². The van der Waals surface area contributed by atoms with Gasteiger partial charge in [-0.1, -0.05) is 12.8 Å². The maximum absolute atomic E-state index is 13.1. The molecule has 3 aliphatic rings. The largest absolute Gasteiger partial charge is 0.369 e. The average Bonchev–Trinajstić information content (AvgIpc) is 3.40. The lowest BCUT2D eigenvalue weighted by Gasteiger charge is -2.38. The van der Waals surface area contributed by atoms with E-state index in [1.165, 1.54) is 23.3 Å². The van der Waals surface area contributed by atoms with Crippen LogP contribution in [0.4, 0.5) is 11.5 Å². The van der Waals surface area contributed by atoms with Gasteiger partial charge in [0.25, 0.3) is 0 Å². The zero-order valence-electron chi connectivity index (χ0n) is 16.1. The summed E-state index contributed by atoms with van der Waals surface area (Å²) >= 11 is 0. The number of pyridine rings is 2. The van der Waals surface area contributed by atoms with Gasteiger partial charge in [-0.3, -0.25) is 9.98 Å². The van der Waals surface area contributed by atoms with E-state index in [0.29, 0.717) is 19.5 Å². The van der Waals surface area contributed by atoms with E-state index in [9.17, 15) is 8.42 Å². The van der Waals surface area contributed by atoms with Crippen LogP contribution < -0.4 is 10.6 Å². The van der Waals surface area contributed by atoms with Crippen molar-refractivity contribution < 1.29 is 8.42 Å². The van der Waals surface area contributed by atoms with Crippen LogP contribution in [0.1, 0.15) is 32.1 Å². The van der Waals surface area contributed by atoms with Crippen LogP contribution in [0.25, 0.3) is 0 Å². The zero-order valence-corrected chi connectivity index (χ0v) is 16.9. The zero-order chi connectivity index (χ0) is 19.9. The number of rotatable bonds is 3. The number of anilines is 2. The molecule has 0 aromatic carbocycles. The second kappa shape index (κ2) is 7.07. The van der Waals surface area contributed by atoms with Gasteiger partial charge in [0.05, 0.1) is 11.7 Å². The van der Waals surface area contributed by atoms with Crippen LogP contribution in [0.5, 0.6) is 0 Å². The van der Waals surface area contributed by atoms with Gasteiger partial charge in [0.1, 0.15) is 16.3 Å². The highest BCUT2D eigenvalue weighted by Crippen LogP contribution is 2.38. The molecular formula is C20H24N6O2S. The Bertz CT molecular complexity index is 1040. The molecule has 0 amide bonds. The third kappa shape index (κ3) is 3.28. The molecule has 8 nitrogen and oxygen atoms in total. The van der Waals surface area contributed by atoms with E-state index in [2.05, 4.69) is 20.6 Å². The van der Waals surface area contributed by atoms with Gasteiger partial charge in [-0.25, -0.2) is 13.4 Å². The van der Waals surface area contributed by atoms with Crippen molar-refractivity contribution in [1.82, 2.24) is 14.3 Å². The molecule has 1 saturated carbocycles. The molecule has 2 fully saturated rings. The Hall–Kier alpha value is -2.52. The second-order valence-electron chi connectivity index (χ2n) is 7.92. The first-order valence-electron chi connectivity index (χ1n) is 10.1. The summed E-state index contributed by atoms with van der Waals surface area (Å²) in [6, 6.07) is 7.35. The van der Waals surface area contributed by atoms with E-state index in [1.807, 2.05) is 12.1 Å². The summed E-state index contributed by atoms with van der Waals surface area (Å²) in [5.74, 6) is 1.54. The van der Waals surface area contributed by atoms with Crippen LogP contribution in [-0.4, -0.2) is 53.2 Å². The van der Waals surface area contributed by atoms with Crippen LogP contribution in [0.2, 0.25) is 0 Å². The van der Waals surface area contributed by atoms with Crippen molar-refractivity contribution in [1.29, 1.82) is 0 Å². The Kier molecular flexibility index (Phi) is 4.51. The van der Waals surface area contributed by atoms with Crippen molar-refractivity contribution in [3.63, 3.8) is 0 Å². The summed E-state index contributed by atoms with van der Waals surface area (Å²) in [4.78, 5) is 13.6. The SMILES string of the molecule is O=S(=O)(c1cccnc1)N1CCC2(C1)Nc1cccnc1NC2=NC1CCCC1. The topological polar surface area (TPSA) is 99.6 Å². The summed E-state index contributed by atoms with van der Waals surface area (Å²) < 4.78 is 27.8. The third-order valence-corrected chi connectivity index (χ3v) is 7.84. The number of nitrogens with one attached hydrogen (secondary N) is 2. The molecule has 1 saturated heterocycles. The van der Waals surface area contributed by atoms with Crippen LogP contribution in [0.3, 0.4) is 0 Å². The first-order chi connectivity index (χ1) is 14.1. The van der Waals surface area contributed by atoms with Gasteiger partial charge in [0.15, 0.2) is 5.82 Å². The fourth-order valence-electron chi connectivity index (χ4n) is 4.45. The summed E-state index contributed by atoms with van der Waals surface area (Å²) in [6.45, 7) is 0.738. The molecule has 29 heavy (non-hydrogen) atoms. The lowest BCUT2D eigenvalue weighted by atomic mass is 9.93. The smallest absolute Gasteiger partial charge is 0.244 e. The van der Waals surface area contributed by atoms with Crippen LogP contribution in [0, 0.1) is 0 Å². The Balaban J connectivity index is 1.50. The number of amidine groups is 1. The molecule has 1 unspecified atom stereocenters. The molecule has 2 aromatic heterocycles. The van der Waals surface area contributed by atoms with E-state index in [-0.39, 0.29) is 10.9 Å². The Morgan fingerprint density at radius 2 is 2.00 bits per heavy atom. The van der Waals surface area contributed by atoms with Crippen molar-refractivity contribution in [2.75, 3.05) is 23.7 Å². The maximum Gasteiger partial charge on any atom is 0.244 e. The number of hydrogen-bond acceptors (Lipinski definition) is 6. The molecule has 2 aromatic rings. The Morgan fingerprint density at radius 1 is 1.17 bits per heavy atom. The number of hydrogen-bond donors (Lipinski definition) is 2. The molecule has 2 N–H and O–H groups in total. The highest BCUT2D eigenvalue weighted by molar-refractivity contribution is 7.89. The number of aromatic nitrogens is 2. The average molecular weight is 413 g/mol. The Morgan fingerprint density at radius 3 is 2.79 bits per heavy atom. The minimum absolute atomic E-state index is 0.220. The molecule has 152 valence electrons. The van der Waals surface area contributed by atoms with Crippen molar-refractivity contribution in [3.8, 4) is 0 Å². The van der Waals surface area contributed by atoms with Gasteiger partial charge >= 0.3 is 0 Å². The second-order valence-corrected chi connectivity index (χ2v) is 9.86. The van der Waals surface area contributed by atoms with Crippen molar-refractivity contribution >= 4 is 27.4 Å². The molecular weight excluding hydrogens is 388 g/mol. The van der Waals surface area contributed by atoms with Gasteiger partial charge in [0, 0.05) is 31.7 Å². The highest BCUT2D eigenvalue weighted by atomic mass is 32.2. The van der Waals surface area contributed by atoms with Crippen LogP contribution in [0.15, 0.2) is 52.7 Å². The van der Waals surface area contributed by atoms with Gasteiger partial charge in [-0.05, 0) is 43.5 Å². The van der Waals surface area contributed by atoms with E-state index in [1.54, 1.807) is 24.5 Å². The predicted molar refractivity (Wildman–Crippen MR) is 112 cm³/mol. The Labute approximate surface area is 170 Å². The molecule has 1 spiro atoms. The number of nitrogens with zero attached hydrogens (tertiary/aromatic N) is 4. The third-order valence-electron chi connectivity index (χ3n) is 6.01.